The van der Waals surface area contributed by atoms with Gasteiger partial charge in [-0.3, -0.25) is 4.79 Å². The third kappa shape index (κ3) is 3.03. The number of amides is 1. The Morgan fingerprint density at radius 3 is 2.61 bits per heavy atom. The fourth-order valence-electron chi connectivity index (χ4n) is 2.44. The molecule has 98 valence electrons. The molecular formula is C14H18ClNO2. The van der Waals surface area contributed by atoms with Crippen molar-refractivity contribution < 1.29 is 9.90 Å². The molecule has 1 aliphatic carbocycles. The Hall–Kier alpha value is -1.06. The van der Waals surface area contributed by atoms with Crippen molar-refractivity contribution in [1.82, 2.24) is 4.90 Å². The summed E-state index contributed by atoms with van der Waals surface area (Å²) in [6.45, 7) is 0. The Morgan fingerprint density at radius 1 is 1.33 bits per heavy atom. The molecule has 2 rings (SSSR count). The number of aliphatic hydroxyl groups excluding tert-OH is 1. The first-order chi connectivity index (χ1) is 8.58. The van der Waals surface area contributed by atoms with Gasteiger partial charge in [-0.2, -0.15) is 0 Å². The van der Waals surface area contributed by atoms with E-state index in [4.69, 9.17) is 11.6 Å². The van der Waals surface area contributed by atoms with E-state index < -0.39 is 0 Å². The number of carbonyl (C=O) groups excluding carboxylic acids is 1. The second-order valence-electron chi connectivity index (χ2n) is 4.89. The summed E-state index contributed by atoms with van der Waals surface area (Å²) in [6, 6.07) is 7.24. The minimum absolute atomic E-state index is 0.00103. The summed E-state index contributed by atoms with van der Waals surface area (Å²) in [6.07, 6.45) is 3.08. The number of hydrogen-bond acceptors (Lipinski definition) is 2. The predicted octanol–water partition coefficient (Wildman–Crippen LogP) is 2.72. The highest BCUT2D eigenvalue weighted by Gasteiger charge is 2.26. The van der Waals surface area contributed by atoms with Crippen molar-refractivity contribution in [2.24, 2.45) is 0 Å². The van der Waals surface area contributed by atoms with Gasteiger partial charge in [-0.25, -0.2) is 0 Å². The van der Waals surface area contributed by atoms with Crippen molar-refractivity contribution in [3.05, 3.63) is 34.9 Å². The molecule has 0 spiro atoms. The minimum atomic E-state index is -0.198. The van der Waals surface area contributed by atoms with Gasteiger partial charge in [0.25, 0.3) is 5.91 Å². The first-order valence-corrected chi connectivity index (χ1v) is 6.66. The number of rotatable bonds is 2. The lowest BCUT2D eigenvalue weighted by Crippen LogP contribution is -2.40. The van der Waals surface area contributed by atoms with E-state index in [1.165, 1.54) is 0 Å². The third-order valence-corrected chi connectivity index (χ3v) is 3.84. The lowest BCUT2D eigenvalue weighted by atomic mass is 9.92. The van der Waals surface area contributed by atoms with Crippen LogP contribution < -0.4 is 0 Å². The van der Waals surface area contributed by atoms with Gasteiger partial charge in [0.1, 0.15) is 0 Å². The molecule has 0 unspecified atom stereocenters. The molecule has 1 aromatic rings. The van der Waals surface area contributed by atoms with Gasteiger partial charge in [-0.15, -0.1) is 0 Å². The monoisotopic (exact) mass is 267 g/mol. The molecule has 1 fully saturated rings. The van der Waals surface area contributed by atoms with Gasteiger partial charge in [-0.1, -0.05) is 17.7 Å². The summed E-state index contributed by atoms with van der Waals surface area (Å²) in [7, 11) is 1.83. The average Bonchev–Trinajstić information content (AvgIpc) is 2.38. The van der Waals surface area contributed by atoms with Crippen LogP contribution in [0.3, 0.4) is 0 Å². The summed E-state index contributed by atoms with van der Waals surface area (Å²) in [5, 5.41) is 10.1. The normalized spacial score (nSPS) is 23.7. The van der Waals surface area contributed by atoms with E-state index in [9.17, 15) is 9.90 Å². The topological polar surface area (TPSA) is 40.5 Å². The SMILES string of the molecule is CN(C(=O)c1cccc(Cl)c1)C1CCC(O)CC1. The van der Waals surface area contributed by atoms with E-state index in [2.05, 4.69) is 0 Å². The molecule has 0 atom stereocenters. The van der Waals surface area contributed by atoms with Gasteiger partial charge in [0.15, 0.2) is 0 Å². The summed E-state index contributed by atoms with van der Waals surface area (Å²) < 4.78 is 0. The Balaban J connectivity index is 2.04. The second-order valence-corrected chi connectivity index (χ2v) is 5.33. The summed E-state index contributed by atoms with van der Waals surface area (Å²) in [5.41, 5.74) is 0.621. The maximum absolute atomic E-state index is 12.3. The van der Waals surface area contributed by atoms with Crippen molar-refractivity contribution in [3.63, 3.8) is 0 Å². The van der Waals surface area contributed by atoms with E-state index in [1.807, 2.05) is 7.05 Å². The van der Waals surface area contributed by atoms with Crippen molar-refractivity contribution >= 4 is 17.5 Å². The van der Waals surface area contributed by atoms with Crippen LogP contribution in [-0.2, 0) is 0 Å². The Labute approximate surface area is 112 Å². The zero-order valence-electron chi connectivity index (χ0n) is 10.5. The van der Waals surface area contributed by atoms with Crippen LogP contribution in [0.2, 0.25) is 5.02 Å². The van der Waals surface area contributed by atoms with Crippen LogP contribution in [0.1, 0.15) is 36.0 Å². The van der Waals surface area contributed by atoms with Crippen LogP contribution in [0.5, 0.6) is 0 Å². The van der Waals surface area contributed by atoms with Gasteiger partial charge < -0.3 is 10.0 Å². The molecule has 1 amide bonds. The number of hydrogen-bond donors (Lipinski definition) is 1. The van der Waals surface area contributed by atoms with Gasteiger partial charge in [0.2, 0.25) is 0 Å². The molecule has 1 aliphatic rings. The lowest BCUT2D eigenvalue weighted by Gasteiger charge is -2.33. The second kappa shape index (κ2) is 5.72. The predicted molar refractivity (Wildman–Crippen MR) is 71.8 cm³/mol. The molecule has 0 aromatic heterocycles. The summed E-state index contributed by atoms with van der Waals surface area (Å²) >= 11 is 5.89. The Morgan fingerprint density at radius 2 is 2.00 bits per heavy atom. The first kappa shape index (κ1) is 13.4. The molecule has 0 heterocycles. The zero-order chi connectivity index (χ0) is 13.1. The van der Waals surface area contributed by atoms with Crippen LogP contribution in [0, 0.1) is 0 Å². The van der Waals surface area contributed by atoms with Crippen LogP contribution >= 0.6 is 11.6 Å². The fourth-order valence-corrected chi connectivity index (χ4v) is 2.63. The number of benzene rings is 1. The van der Waals surface area contributed by atoms with Crippen LogP contribution in [-0.4, -0.2) is 35.1 Å². The molecular weight excluding hydrogens is 250 g/mol. The molecule has 0 saturated heterocycles. The number of aliphatic hydroxyl groups is 1. The highest BCUT2D eigenvalue weighted by atomic mass is 35.5. The van der Waals surface area contributed by atoms with Gasteiger partial charge >= 0.3 is 0 Å². The van der Waals surface area contributed by atoms with Crippen molar-refractivity contribution in [3.8, 4) is 0 Å². The summed E-state index contributed by atoms with van der Waals surface area (Å²) in [5.74, 6) is -0.00103. The quantitative estimate of drug-likeness (QED) is 0.895. The van der Waals surface area contributed by atoms with Crippen LogP contribution in [0.15, 0.2) is 24.3 Å². The van der Waals surface area contributed by atoms with E-state index in [0.717, 1.165) is 25.7 Å². The number of carbonyl (C=O) groups is 1. The first-order valence-electron chi connectivity index (χ1n) is 6.28. The Kier molecular flexibility index (Phi) is 4.25. The van der Waals surface area contributed by atoms with Crippen molar-refractivity contribution in [2.75, 3.05) is 7.05 Å². The van der Waals surface area contributed by atoms with E-state index >= 15 is 0 Å². The fraction of sp³-hybridized carbons (Fsp3) is 0.500. The molecule has 1 aromatic carbocycles. The average molecular weight is 268 g/mol. The van der Waals surface area contributed by atoms with Crippen molar-refractivity contribution in [2.45, 2.75) is 37.8 Å². The van der Waals surface area contributed by atoms with E-state index in [-0.39, 0.29) is 18.1 Å². The Bertz CT molecular complexity index is 428. The molecule has 18 heavy (non-hydrogen) atoms. The zero-order valence-corrected chi connectivity index (χ0v) is 11.2. The molecule has 0 bridgehead atoms. The highest BCUT2D eigenvalue weighted by Crippen LogP contribution is 2.23. The third-order valence-electron chi connectivity index (χ3n) is 3.61. The molecule has 4 heteroatoms. The smallest absolute Gasteiger partial charge is 0.253 e. The summed E-state index contributed by atoms with van der Waals surface area (Å²) in [4.78, 5) is 14.1. The maximum atomic E-state index is 12.3. The standard InChI is InChI=1S/C14H18ClNO2/c1-16(12-5-7-13(17)8-6-12)14(18)10-3-2-4-11(15)9-10/h2-4,9,12-13,17H,5-8H2,1H3. The molecule has 0 aliphatic heterocycles. The highest BCUT2D eigenvalue weighted by molar-refractivity contribution is 6.30. The largest absolute Gasteiger partial charge is 0.393 e. The van der Waals surface area contributed by atoms with E-state index in [1.54, 1.807) is 29.2 Å². The van der Waals surface area contributed by atoms with E-state index in [0.29, 0.717) is 10.6 Å². The molecule has 1 saturated carbocycles. The van der Waals surface area contributed by atoms with Crippen LogP contribution in [0.4, 0.5) is 0 Å². The number of halogens is 1. The van der Waals surface area contributed by atoms with Gasteiger partial charge in [-0.05, 0) is 43.9 Å². The lowest BCUT2D eigenvalue weighted by molar-refractivity contribution is 0.0569. The van der Waals surface area contributed by atoms with Crippen LogP contribution in [0.25, 0.3) is 0 Å². The number of nitrogens with zero attached hydrogens (tertiary/aromatic N) is 1. The van der Waals surface area contributed by atoms with Gasteiger partial charge in [0, 0.05) is 23.7 Å². The minimum Gasteiger partial charge on any atom is -0.393 e. The molecule has 1 N–H and O–H groups in total. The van der Waals surface area contributed by atoms with Crippen molar-refractivity contribution in [1.29, 1.82) is 0 Å². The molecule has 3 nitrogen and oxygen atoms in total. The maximum Gasteiger partial charge on any atom is 0.253 e. The molecule has 0 radical (unpaired) electrons. The van der Waals surface area contributed by atoms with Gasteiger partial charge in [0.05, 0.1) is 6.10 Å².